The van der Waals surface area contributed by atoms with E-state index in [1.54, 1.807) is 0 Å². The number of rotatable bonds is 45. The molecule has 0 N–H and O–H groups in total. The lowest BCUT2D eigenvalue weighted by Crippen LogP contribution is -2.37. The molecule has 0 heterocycles. The van der Waals surface area contributed by atoms with Crippen LogP contribution in [-0.4, -0.2) is 70.0 Å². The molecule has 0 aliphatic rings. The van der Waals surface area contributed by atoms with Crippen LogP contribution in [0.15, 0.2) is 48.6 Å². The molecule has 0 rings (SSSR count). The zero-order valence-corrected chi connectivity index (χ0v) is 41.0. The van der Waals surface area contributed by atoms with Crippen molar-refractivity contribution >= 4 is 19.8 Å². The Kier molecular flexibility index (Phi) is 41.8. The molecule has 356 valence electrons. The second-order valence-electron chi connectivity index (χ2n) is 17.8. The predicted molar refractivity (Wildman–Crippen MR) is 254 cm³/mol. The second-order valence-corrected chi connectivity index (χ2v) is 19.2. The van der Waals surface area contributed by atoms with Crippen molar-refractivity contribution in [2.45, 2.75) is 219 Å². The van der Waals surface area contributed by atoms with Gasteiger partial charge in [-0.25, -0.2) is 0 Å². The lowest BCUT2D eigenvalue weighted by molar-refractivity contribution is -0.870. The molecule has 0 aliphatic carbocycles. The third kappa shape index (κ3) is 47.3. The molecule has 0 aliphatic heterocycles. The number of hydrogen-bond donors (Lipinski definition) is 0. The first-order valence-corrected chi connectivity index (χ1v) is 26.3. The molecular weight excluding hydrogens is 786 g/mol. The maximum absolute atomic E-state index is 12.7. The molecule has 61 heavy (non-hydrogen) atoms. The van der Waals surface area contributed by atoms with Crippen LogP contribution in [0.2, 0.25) is 0 Å². The highest BCUT2D eigenvalue weighted by atomic mass is 31.2. The Morgan fingerprint density at radius 2 is 0.885 bits per heavy atom. The average Bonchev–Trinajstić information content (AvgIpc) is 3.21. The Hall–Kier alpha value is -2.03. The monoisotopic (exact) mass is 880 g/mol. The Labute approximate surface area is 375 Å². The average molecular weight is 880 g/mol. The fourth-order valence-corrected chi connectivity index (χ4v) is 7.38. The molecule has 0 radical (unpaired) electrons. The van der Waals surface area contributed by atoms with E-state index in [1.165, 1.54) is 103 Å². The van der Waals surface area contributed by atoms with Gasteiger partial charge in [-0.3, -0.25) is 14.2 Å². The zero-order chi connectivity index (χ0) is 45.0. The SMILES string of the molecule is CCCCCC/C=C\C/C=C\CCCCCCCC(=O)OCC(COP(=O)([O-])OCC[N+](C)(C)C)OC(=O)CCCCCCCCCCC/C=C\C/C=C\CCCCCCC. The van der Waals surface area contributed by atoms with Gasteiger partial charge in [0.1, 0.15) is 19.8 Å². The number of unbranched alkanes of at least 4 members (excludes halogenated alkanes) is 23. The van der Waals surface area contributed by atoms with Crippen molar-refractivity contribution in [3.05, 3.63) is 48.6 Å². The molecule has 0 fully saturated rings. The van der Waals surface area contributed by atoms with E-state index >= 15 is 0 Å². The van der Waals surface area contributed by atoms with Crippen molar-refractivity contribution in [1.29, 1.82) is 0 Å². The standard InChI is InChI=1S/C51H94NO8P/c1-6-8-10-12-14-16-18-20-22-24-25-26-27-28-30-32-34-36-38-40-42-44-51(54)60-49(48-59-61(55,56)58-46-45-52(3,4)5)47-57-50(53)43-41-39-37-35-33-31-29-23-21-19-17-15-13-11-9-7-2/h17-20,23-25,29,49H,6-16,21-22,26-28,30-48H2,1-5H3/b19-17-,20-18-,25-24-,29-23-. The number of ether oxygens (including phenoxy) is 2. The minimum atomic E-state index is -4.63. The first-order chi connectivity index (χ1) is 29.5. The van der Waals surface area contributed by atoms with Gasteiger partial charge in [-0.05, 0) is 77.0 Å². The van der Waals surface area contributed by atoms with Gasteiger partial charge in [0.2, 0.25) is 0 Å². The van der Waals surface area contributed by atoms with Gasteiger partial charge in [0.05, 0.1) is 27.7 Å². The zero-order valence-electron chi connectivity index (χ0n) is 40.1. The Morgan fingerprint density at radius 1 is 0.508 bits per heavy atom. The molecule has 0 aromatic heterocycles. The van der Waals surface area contributed by atoms with Gasteiger partial charge in [0.25, 0.3) is 7.82 Å². The molecule has 0 spiro atoms. The van der Waals surface area contributed by atoms with Gasteiger partial charge in [0.15, 0.2) is 6.10 Å². The summed E-state index contributed by atoms with van der Waals surface area (Å²) in [4.78, 5) is 37.7. The van der Waals surface area contributed by atoms with Crippen LogP contribution in [0.5, 0.6) is 0 Å². The maximum Gasteiger partial charge on any atom is 0.306 e. The molecule has 0 aromatic rings. The summed E-state index contributed by atoms with van der Waals surface area (Å²) in [6, 6.07) is 0. The summed E-state index contributed by atoms with van der Waals surface area (Å²) >= 11 is 0. The highest BCUT2D eigenvalue weighted by Crippen LogP contribution is 2.38. The lowest BCUT2D eigenvalue weighted by Gasteiger charge is -2.28. The third-order valence-corrected chi connectivity index (χ3v) is 11.5. The smallest absolute Gasteiger partial charge is 0.306 e. The molecule has 0 saturated carbocycles. The Bertz CT molecular complexity index is 1180. The van der Waals surface area contributed by atoms with Crippen LogP contribution in [0.1, 0.15) is 213 Å². The molecule has 9 nitrogen and oxygen atoms in total. The summed E-state index contributed by atoms with van der Waals surface area (Å²) in [6.07, 6.45) is 51.3. The highest BCUT2D eigenvalue weighted by molar-refractivity contribution is 7.45. The first-order valence-electron chi connectivity index (χ1n) is 24.8. The molecule has 0 amide bonds. The number of likely N-dealkylation sites (N-methyl/N-ethyl adjacent to an activating group) is 1. The summed E-state index contributed by atoms with van der Waals surface area (Å²) in [5, 5.41) is 0. The first kappa shape index (κ1) is 59.0. The predicted octanol–water partition coefficient (Wildman–Crippen LogP) is 14.0. The van der Waals surface area contributed by atoms with E-state index < -0.39 is 32.5 Å². The maximum atomic E-state index is 12.7. The summed E-state index contributed by atoms with van der Waals surface area (Å²) in [5.74, 6) is -0.853. The number of hydrogen-bond acceptors (Lipinski definition) is 8. The van der Waals surface area contributed by atoms with E-state index in [0.29, 0.717) is 23.9 Å². The Morgan fingerprint density at radius 3 is 1.31 bits per heavy atom. The fraction of sp³-hybridized carbons (Fsp3) is 0.804. The van der Waals surface area contributed by atoms with Crippen molar-refractivity contribution < 1.29 is 42.1 Å². The van der Waals surface area contributed by atoms with Crippen molar-refractivity contribution in [2.75, 3.05) is 47.5 Å². The number of esters is 2. The molecule has 10 heteroatoms. The van der Waals surface area contributed by atoms with E-state index in [-0.39, 0.29) is 26.1 Å². The quantitative estimate of drug-likeness (QED) is 0.0195. The van der Waals surface area contributed by atoms with E-state index in [0.717, 1.165) is 70.6 Å². The van der Waals surface area contributed by atoms with Gasteiger partial charge < -0.3 is 27.9 Å². The molecule has 0 aromatic carbocycles. The molecule has 0 saturated heterocycles. The van der Waals surface area contributed by atoms with Crippen LogP contribution in [0.3, 0.4) is 0 Å². The topological polar surface area (TPSA) is 111 Å². The van der Waals surface area contributed by atoms with Crippen LogP contribution >= 0.6 is 7.82 Å². The van der Waals surface area contributed by atoms with Crippen LogP contribution in [0, 0.1) is 0 Å². The van der Waals surface area contributed by atoms with E-state index in [9.17, 15) is 19.0 Å². The second kappa shape index (κ2) is 43.2. The number of phosphoric ester groups is 1. The van der Waals surface area contributed by atoms with Gasteiger partial charge in [-0.1, -0.05) is 172 Å². The summed E-state index contributed by atoms with van der Waals surface area (Å²) in [7, 11) is 1.15. The van der Waals surface area contributed by atoms with E-state index in [2.05, 4.69) is 62.5 Å². The number of quaternary nitrogens is 1. The largest absolute Gasteiger partial charge is 0.756 e. The lowest BCUT2D eigenvalue weighted by atomic mass is 10.1. The minimum absolute atomic E-state index is 0.0351. The van der Waals surface area contributed by atoms with Gasteiger partial charge in [-0.2, -0.15) is 0 Å². The van der Waals surface area contributed by atoms with E-state index in [1.807, 2.05) is 21.1 Å². The normalized spacial score (nSPS) is 13.9. The van der Waals surface area contributed by atoms with Crippen molar-refractivity contribution in [1.82, 2.24) is 0 Å². The van der Waals surface area contributed by atoms with Crippen molar-refractivity contribution in [3.63, 3.8) is 0 Å². The number of carbonyl (C=O) groups is 2. The number of nitrogens with zero attached hydrogens (tertiary/aromatic N) is 1. The van der Waals surface area contributed by atoms with Crippen LogP contribution in [-0.2, 0) is 32.7 Å². The van der Waals surface area contributed by atoms with Crippen LogP contribution in [0.25, 0.3) is 0 Å². The van der Waals surface area contributed by atoms with Crippen LogP contribution < -0.4 is 4.89 Å². The van der Waals surface area contributed by atoms with E-state index in [4.69, 9.17) is 18.5 Å². The molecule has 2 atom stereocenters. The summed E-state index contributed by atoms with van der Waals surface area (Å²) in [6.45, 7) is 4.19. The molecule has 2 unspecified atom stereocenters. The minimum Gasteiger partial charge on any atom is -0.756 e. The highest BCUT2D eigenvalue weighted by Gasteiger charge is 2.21. The van der Waals surface area contributed by atoms with Gasteiger partial charge in [-0.15, -0.1) is 0 Å². The summed E-state index contributed by atoms with van der Waals surface area (Å²) < 4.78 is 34.0. The third-order valence-electron chi connectivity index (χ3n) is 10.6. The Balaban J connectivity index is 4.30. The summed E-state index contributed by atoms with van der Waals surface area (Å²) in [5.41, 5.74) is 0. The molecule has 0 bridgehead atoms. The van der Waals surface area contributed by atoms with Crippen molar-refractivity contribution in [2.24, 2.45) is 0 Å². The van der Waals surface area contributed by atoms with Crippen LogP contribution in [0.4, 0.5) is 0 Å². The fourth-order valence-electron chi connectivity index (χ4n) is 6.66. The van der Waals surface area contributed by atoms with Gasteiger partial charge in [0, 0.05) is 12.8 Å². The van der Waals surface area contributed by atoms with Crippen molar-refractivity contribution in [3.8, 4) is 0 Å². The number of phosphoric acid groups is 1. The number of allylic oxidation sites excluding steroid dienone is 8. The number of carbonyl (C=O) groups excluding carboxylic acids is 2. The van der Waals surface area contributed by atoms with Gasteiger partial charge >= 0.3 is 11.9 Å². The molecular formula is C51H94NO8P.